The molecular formula is C7H7OS-. The molecule has 0 fully saturated rings. The zero-order valence-electron chi connectivity index (χ0n) is 4.87. The molecule has 1 aromatic carbocycles. The van der Waals surface area contributed by atoms with Crippen LogP contribution in [0.3, 0.4) is 0 Å². The van der Waals surface area contributed by atoms with E-state index in [2.05, 4.69) is 0 Å². The predicted molar refractivity (Wildman–Crippen MR) is 38.0 cm³/mol. The molecule has 1 aromatic rings. The fourth-order valence-electron chi connectivity index (χ4n) is 0.634. The molecule has 0 spiro atoms. The number of rotatable bonds is 1. The highest BCUT2D eigenvalue weighted by molar-refractivity contribution is 7.58. The predicted octanol–water partition coefficient (Wildman–Crippen LogP) is 1.08. The van der Waals surface area contributed by atoms with Gasteiger partial charge in [-0.2, -0.15) is 4.90 Å². The molecule has 1 N–H and O–H groups in total. The van der Waals surface area contributed by atoms with E-state index in [9.17, 15) is 0 Å². The first-order valence-electron chi connectivity index (χ1n) is 2.70. The van der Waals surface area contributed by atoms with Gasteiger partial charge in [0.25, 0.3) is 0 Å². The number of hydrogen-bond acceptors (Lipinski definition) is 2. The molecule has 0 aliphatic carbocycles. The van der Waals surface area contributed by atoms with E-state index in [0.29, 0.717) is 0 Å². The second-order valence-electron chi connectivity index (χ2n) is 1.77. The first-order chi connectivity index (χ1) is 4.34. The molecule has 1 nitrogen and oxygen atoms in total. The van der Waals surface area contributed by atoms with E-state index in [4.69, 9.17) is 17.7 Å². The highest BCUT2D eigenvalue weighted by Crippen LogP contribution is 2.05. The summed E-state index contributed by atoms with van der Waals surface area (Å²) in [4.78, 5) is 0.736. The smallest absolute Gasteiger partial charge is 0.0667 e. The van der Waals surface area contributed by atoms with Gasteiger partial charge in [0.15, 0.2) is 0 Å². The average Bonchev–Trinajstić information content (AvgIpc) is 1.89. The van der Waals surface area contributed by atoms with E-state index in [1.54, 1.807) is 6.07 Å². The van der Waals surface area contributed by atoms with Crippen LogP contribution in [-0.2, 0) is 19.2 Å². The number of aliphatic hydroxyl groups is 1. The van der Waals surface area contributed by atoms with Gasteiger partial charge in [0, 0.05) is 0 Å². The summed E-state index contributed by atoms with van der Waals surface area (Å²) in [6.45, 7) is 0.0413. The van der Waals surface area contributed by atoms with Crippen molar-refractivity contribution in [3.05, 3.63) is 29.8 Å². The molecule has 0 saturated carbocycles. The second-order valence-corrected chi connectivity index (χ2v) is 2.21. The third-order valence-corrected chi connectivity index (χ3v) is 1.54. The van der Waals surface area contributed by atoms with Gasteiger partial charge < -0.3 is 17.7 Å². The summed E-state index contributed by atoms with van der Waals surface area (Å²) in [5.41, 5.74) is 0.826. The maximum atomic E-state index is 8.65. The van der Waals surface area contributed by atoms with Crippen LogP contribution >= 0.6 is 0 Å². The van der Waals surface area contributed by atoms with Crippen molar-refractivity contribution in [3.8, 4) is 0 Å². The van der Waals surface area contributed by atoms with E-state index in [1.165, 1.54) is 0 Å². The van der Waals surface area contributed by atoms with E-state index in [-0.39, 0.29) is 6.61 Å². The number of benzene rings is 1. The van der Waals surface area contributed by atoms with Gasteiger partial charge in [-0.25, -0.2) is 0 Å². The number of hydrogen-bond donors (Lipinski definition) is 1. The highest BCUT2D eigenvalue weighted by atomic mass is 32.1. The van der Waals surface area contributed by atoms with Gasteiger partial charge in [-0.05, 0) is 5.56 Å². The SMILES string of the molecule is OCc1ccccc1[S-]. The number of aliphatic hydroxyl groups excluding tert-OH is 1. The Morgan fingerprint density at radius 3 is 2.44 bits per heavy atom. The van der Waals surface area contributed by atoms with E-state index in [1.807, 2.05) is 18.2 Å². The molecular weight excluding hydrogens is 132 g/mol. The van der Waals surface area contributed by atoms with Gasteiger partial charge in [-0.15, -0.1) is 0 Å². The fourth-order valence-corrected chi connectivity index (χ4v) is 0.846. The van der Waals surface area contributed by atoms with Crippen molar-refractivity contribution >= 4 is 12.6 Å². The first-order valence-corrected chi connectivity index (χ1v) is 3.11. The lowest BCUT2D eigenvalue weighted by Crippen LogP contribution is -1.84. The average molecular weight is 139 g/mol. The third-order valence-electron chi connectivity index (χ3n) is 1.14. The summed E-state index contributed by atoms with van der Waals surface area (Å²) in [5, 5.41) is 8.65. The first kappa shape index (κ1) is 6.52. The standard InChI is InChI=1S/C7H8OS/c8-5-6-3-1-2-4-7(6)9/h1-4,8-9H,5H2/p-1. The van der Waals surface area contributed by atoms with Crippen molar-refractivity contribution in [1.29, 1.82) is 0 Å². The minimum absolute atomic E-state index is 0.0413. The molecule has 0 saturated heterocycles. The van der Waals surface area contributed by atoms with E-state index < -0.39 is 0 Å². The lowest BCUT2D eigenvalue weighted by atomic mass is 10.2. The van der Waals surface area contributed by atoms with Crippen LogP contribution in [0.4, 0.5) is 0 Å². The van der Waals surface area contributed by atoms with E-state index >= 15 is 0 Å². The Morgan fingerprint density at radius 2 is 2.00 bits per heavy atom. The molecule has 2 heteroatoms. The van der Waals surface area contributed by atoms with Crippen molar-refractivity contribution in [2.24, 2.45) is 0 Å². The van der Waals surface area contributed by atoms with Gasteiger partial charge >= 0.3 is 0 Å². The Balaban J connectivity index is 3.01. The lowest BCUT2D eigenvalue weighted by molar-refractivity contribution is 0.279. The molecule has 0 bridgehead atoms. The van der Waals surface area contributed by atoms with Crippen LogP contribution in [0.2, 0.25) is 0 Å². The van der Waals surface area contributed by atoms with E-state index in [0.717, 1.165) is 10.5 Å². The molecule has 0 unspecified atom stereocenters. The Morgan fingerprint density at radius 1 is 1.33 bits per heavy atom. The summed E-state index contributed by atoms with van der Waals surface area (Å²) in [7, 11) is 0. The summed E-state index contributed by atoms with van der Waals surface area (Å²) in [6.07, 6.45) is 0. The molecule has 0 aliphatic heterocycles. The van der Waals surface area contributed by atoms with Crippen molar-refractivity contribution in [3.63, 3.8) is 0 Å². The summed E-state index contributed by atoms with van der Waals surface area (Å²) in [6, 6.07) is 7.35. The zero-order chi connectivity index (χ0) is 6.69. The Hall–Kier alpha value is -0.600. The van der Waals surface area contributed by atoms with Crippen molar-refractivity contribution in [1.82, 2.24) is 0 Å². The highest BCUT2D eigenvalue weighted by Gasteiger charge is 1.84. The third kappa shape index (κ3) is 1.40. The van der Waals surface area contributed by atoms with Crippen LogP contribution in [0.1, 0.15) is 5.56 Å². The summed E-state index contributed by atoms with van der Waals surface area (Å²) < 4.78 is 0. The lowest BCUT2D eigenvalue weighted by Gasteiger charge is -2.09. The molecule has 9 heavy (non-hydrogen) atoms. The van der Waals surface area contributed by atoms with Crippen molar-refractivity contribution in [2.45, 2.75) is 11.5 Å². The minimum Gasteiger partial charge on any atom is -0.779 e. The Kier molecular flexibility index (Phi) is 2.03. The fraction of sp³-hybridized carbons (Fsp3) is 0.143. The van der Waals surface area contributed by atoms with Gasteiger partial charge in [-0.3, -0.25) is 0 Å². The molecule has 0 heterocycles. The quantitative estimate of drug-likeness (QED) is 0.588. The Labute approximate surface area is 59.7 Å². The monoisotopic (exact) mass is 139 g/mol. The Bertz CT molecular complexity index is 198. The normalized spacial score (nSPS) is 9.44. The van der Waals surface area contributed by atoms with Crippen LogP contribution in [-0.4, -0.2) is 5.11 Å². The van der Waals surface area contributed by atoms with Gasteiger partial charge in [0.1, 0.15) is 0 Å². The topological polar surface area (TPSA) is 20.2 Å². The molecule has 0 aliphatic rings. The summed E-state index contributed by atoms with van der Waals surface area (Å²) >= 11 is 4.89. The molecule has 0 atom stereocenters. The zero-order valence-corrected chi connectivity index (χ0v) is 5.69. The molecule has 0 radical (unpaired) electrons. The molecule has 48 valence electrons. The maximum Gasteiger partial charge on any atom is 0.0667 e. The van der Waals surface area contributed by atoms with Crippen LogP contribution in [0.15, 0.2) is 29.2 Å². The maximum absolute atomic E-state index is 8.65. The molecule has 0 amide bonds. The van der Waals surface area contributed by atoms with Crippen LogP contribution in [0.25, 0.3) is 0 Å². The van der Waals surface area contributed by atoms with Crippen molar-refractivity contribution < 1.29 is 5.11 Å². The van der Waals surface area contributed by atoms with Gasteiger partial charge in [0.2, 0.25) is 0 Å². The van der Waals surface area contributed by atoms with Gasteiger partial charge in [0.05, 0.1) is 6.61 Å². The van der Waals surface area contributed by atoms with Gasteiger partial charge in [-0.1, -0.05) is 24.3 Å². The minimum atomic E-state index is 0.0413. The van der Waals surface area contributed by atoms with Crippen LogP contribution in [0.5, 0.6) is 0 Å². The molecule has 1 rings (SSSR count). The van der Waals surface area contributed by atoms with Crippen molar-refractivity contribution in [2.75, 3.05) is 0 Å². The summed E-state index contributed by atoms with van der Waals surface area (Å²) in [5.74, 6) is 0. The second kappa shape index (κ2) is 2.80. The largest absolute Gasteiger partial charge is 0.779 e. The molecule has 0 aromatic heterocycles. The van der Waals surface area contributed by atoms with Crippen LogP contribution in [0, 0.1) is 0 Å². The van der Waals surface area contributed by atoms with Crippen LogP contribution < -0.4 is 0 Å².